The average molecular weight is 381 g/mol. The van der Waals surface area contributed by atoms with Crippen molar-refractivity contribution < 1.29 is 29.6 Å². The lowest BCUT2D eigenvalue weighted by Gasteiger charge is -2.39. The zero-order valence-electron chi connectivity index (χ0n) is 16.4. The van der Waals surface area contributed by atoms with Gasteiger partial charge in [0, 0.05) is 6.54 Å². The van der Waals surface area contributed by atoms with Gasteiger partial charge in [-0.15, -0.1) is 0 Å². The van der Waals surface area contributed by atoms with Gasteiger partial charge >= 0.3 is 0 Å². The summed E-state index contributed by atoms with van der Waals surface area (Å²) in [7, 11) is 2.08. The van der Waals surface area contributed by atoms with Crippen molar-refractivity contribution in [2.24, 2.45) is 5.92 Å². The van der Waals surface area contributed by atoms with Crippen LogP contribution in [0.5, 0.6) is 5.75 Å². The van der Waals surface area contributed by atoms with Crippen molar-refractivity contribution in [2.45, 2.75) is 64.4 Å². The third kappa shape index (κ3) is 5.99. The maximum atomic E-state index is 11.6. The number of Topliss-reactive ketones (excluding diaryl/α,β-unsaturated/α-hetero) is 1. The maximum Gasteiger partial charge on any atom is 0.229 e. The van der Waals surface area contributed by atoms with Gasteiger partial charge in [0.2, 0.25) is 6.29 Å². The summed E-state index contributed by atoms with van der Waals surface area (Å²) in [6, 6.07) is 7.35. The second kappa shape index (κ2) is 9.61. The first-order chi connectivity index (χ1) is 12.7. The molecule has 0 radical (unpaired) electrons. The van der Waals surface area contributed by atoms with Crippen molar-refractivity contribution >= 4 is 5.78 Å². The standard InChI is InChI=1S/C20H31NO6/c1-12(2)9-10-21(4)11-14-5-7-15(8-6-14)26-20-18(25)16(23)17(24)19(27-20)13(3)22/h5-8,12,16-20,23-25H,9-11H2,1-4H3. The molecule has 0 aromatic heterocycles. The second-order valence-corrected chi connectivity index (χ2v) is 7.69. The van der Waals surface area contributed by atoms with Crippen molar-refractivity contribution in [3.05, 3.63) is 29.8 Å². The molecule has 0 bridgehead atoms. The van der Waals surface area contributed by atoms with E-state index in [4.69, 9.17) is 9.47 Å². The Balaban J connectivity index is 1.96. The van der Waals surface area contributed by atoms with Gasteiger partial charge in [0.25, 0.3) is 0 Å². The highest BCUT2D eigenvalue weighted by Gasteiger charge is 2.46. The molecule has 1 saturated heterocycles. The van der Waals surface area contributed by atoms with E-state index in [-0.39, 0.29) is 0 Å². The lowest BCUT2D eigenvalue weighted by molar-refractivity contribution is -0.265. The molecule has 1 aromatic rings. The van der Waals surface area contributed by atoms with E-state index in [1.54, 1.807) is 12.1 Å². The second-order valence-electron chi connectivity index (χ2n) is 7.69. The highest BCUT2D eigenvalue weighted by atomic mass is 16.7. The van der Waals surface area contributed by atoms with Crippen LogP contribution in [0.1, 0.15) is 32.8 Å². The van der Waals surface area contributed by atoms with E-state index in [2.05, 4.69) is 25.8 Å². The van der Waals surface area contributed by atoms with Crippen molar-refractivity contribution in [1.29, 1.82) is 0 Å². The van der Waals surface area contributed by atoms with Crippen LogP contribution in [0.3, 0.4) is 0 Å². The Morgan fingerprint density at radius 1 is 1.15 bits per heavy atom. The van der Waals surface area contributed by atoms with Gasteiger partial charge in [0.15, 0.2) is 5.78 Å². The molecule has 3 N–H and O–H groups in total. The van der Waals surface area contributed by atoms with E-state index in [0.29, 0.717) is 11.7 Å². The third-order valence-electron chi connectivity index (χ3n) is 4.69. The molecule has 1 heterocycles. The van der Waals surface area contributed by atoms with E-state index in [1.165, 1.54) is 6.92 Å². The Kier molecular flexibility index (Phi) is 7.76. The fourth-order valence-electron chi connectivity index (χ4n) is 2.96. The molecule has 0 aliphatic carbocycles. The third-order valence-corrected chi connectivity index (χ3v) is 4.69. The van der Waals surface area contributed by atoms with Gasteiger partial charge in [-0.2, -0.15) is 0 Å². The monoisotopic (exact) mass is 381 g/mol. The summed E-state index contributed by atoms with van der Waals surface area (Å²) in [6.45, 7) is 7.49. The predicted octanol–water partition coefficient (Wildman–Crippen LogP) is 0.940. The highest BCUT2D eigenvalue weighted by Crippen LogP contribution is 2.25. The summed E-state index contributed by atoms with van der Waals surface area (Å²) in [4.78, 5) is 13.8. The Hall–Kier alpha value is -1.51. The smallest absolute Gasteiger partial charge is 0.229 e. The van der Waals surface area contributed by atoms with Gasteiger partial charge in [-0.1, -0.05) is 26.0 Å². The molecule has 7 nitrogen and oxygen atoms in total. The topological polar surface area (TPSA) is 99.5 Å². The first-order valence-electron chi connectivity index (χ1n) is 9.33. The van der Waals surface area contributed by atoms with Crippen LogP contribution in [0.15, 0.2) is 24.3 Å². The number of hydrogen-bond acceptors (Lipinski definition) is 7. The molecule has 1 aliphatic rings. The zero-order chi connectivity index (χ0) is 20.1. The normalized spacial score (nSPS) is 28.6. The van der Waals surface area contributed by atoms with Crippen LogP contribution < -0.4 is 4.74 Å². The maximum absolute atomic E-state index is 11.6. The van der Waals surface area contributed by atoms with Crippen LogP contribution in [0.25, 0.3) is 0 Å². The number of carbonyl (C=O) groups is 1. The SMILES string of the molecule is CC(=O)C1OC(Oc2ccc(CN(C)CCC(C)C)cc2)C(O)C(O)C1O. The van der Waals surface area contributed by atoms with Gasteiger partial charge in [-0.25, -0.2) is 0 Å². The summed E-state index contributed by atoms with van der Waals surface area (Å²) in [5.74, 6) is 0.665. The number of ketones is 1. The first kappa shape index (κ1) is 21.8. The van der Waals surface area contributed by atoms with Crippen LogP contribution in [-0.4, -0.2) is 70.3 Å². The van der Waals surface area contributed by atoms with Crippen LogP contribution in [0.4, 0.5) is 0 Å². The molecule has 0 amide bonds. The van der Waals surface area contributed by atoms with Crippen molar-refractivity contribution in [1.82, 2.24) is 4.90 Å². The number of aliphatic hydroxyl groups is 3. The Labute approximate surface area is 160 Å². The molecule has 1 aromatic carbocycles. The Bertz CT molecular complexity index is 605. The lowest BCUT2D eigenvalue weighted by Crippen LogP contribution is -2.60. The molecule has 5 atom stereocenters. The number of aliphatic hydroxyl groups excluding tert-OH is 3. The fraction of sp³-hybridized carbons (Fsp3) is 0.650. The first-order valence-corrected chi connectivity index (χ1v) is 9.33. The van der Waals surface area contributed by atoms with Gasteiger partial charge in [-0.3, -0.25) is 4.79 Å². The molecule has 1 fully saturated rings. The number of rotatable bonds is 8. The molecule has 0 saturated carbocycles. The van der Waals surface area contributed by atoms with Gasteiger partial charge in [0.05, 0.1) is 0 Å². The molecule has 5 unspecified atom stereocenters. The molecule has 7 heteroatoms. The van der Waals surface area contributed by atoms with Crippen molar-refractivity contribution in [3.63, 3.8) is 0 Å². The summed E-state index contributed by atoms with van der Waals surface area (Å²) in [5.41, 5.74) is 1.12. The number of ether oxygens (including phenoxy) is 2. The average Bonchev–Trinajstić information content (AvgIpc) is 2.61. The van der Waals surface area contributed by atoms with E-state index < -0.39 is 36.5 Å². The molecule has 27 heavy (non-hydrogen) atoms. The van der Waals surface area contributed by atoms with Crippen LogP contribution in [0, 0.1) is 5.92 Å². The quantitative estimate of drug-likeness (QED) is 0.616. The summed E-state index contributed by atoms with van der Waals surface area (Å²) in [5, 5.41) is 29.8. The van der Waals surface area contributed by atoms with E-state index in [0.717, 1.165) is 25.1 Å². The van der Waals surface area contributed by atoms with Gasteiger partial charge in [0.1, 0.15) is 30.2 Å². The molecule has 0 spiro atoms. The molecule has 152 valence electrons. The number of carbonyl (C=O) groups excluding carboxylic acids is 1. The molecule has 2 rings (SSSR count). The highest BCUT2D eigenvalue weighted by molar-refractivity contribution is 5.81. The zero-order valence-corrected chi connectivity index (χ0v) is 16.4. The van der Waals surface area contributed by atoms with E-state index in [9.17, 15) is 20.1 Å². The van der Waals surface area contributed by atoms with Crippen LogP contribution in [-0.2, 0) is 16.1 Å². The Morgan fingerprint density at radius 3 is 2.33 bits per heavy atom. The van der Waals surface area contributed by atoms with E-state index in [1.807, 2.05) is 12.1 Å². The number of nitrogens with zero attached hydrogens (tertiary/aromatic N) is 1. The van der Waals surface area contributed by atoms with Crippen molar-refractivity contribution in [3.8, 4) is 5.75 Å². The van der Waals surface area contributed by atoms with Gasteiger partial charge in [-0.05, 0) is 50.6 Å². The van der Waals surface area contributed by atoms with Gasteiger partial charge < -0.3 is 29.7 Å². The number of hydrogen-bond donors (Lipinski definition) is 3. The summed E-state index contributed by atoms with van der Waals surface area (Å²) in [6.07, 6.45) is -5.80. The number of benzene rings is 1. The largest absolute Gasteiger partial charge is 0.462 e. The fourth-order valence-corrected chi connectivity index (χ4v) is 2.96. The predicted molar refractivity (Wildman–Crippen MR) is 100 cm³/mol. The summed E-state index contributed by atoms with van der Waals surface area (Å²) < 4.78 is 11.0. The van der Waals surface area contributed by atoms with Crippen LogP contribution >= 0.6 is 0 Å². The minimum absolute atomic E-state index is 0.443. The van der Waals surface area contributed by atoms with Crippen LogP contribution in [0.2, 0.25) is 0 Å². The van der Waals surface area contributed by atoms with Crippen molar-refractivity contribution in [2.75, 3.05) is 13.6 Å². The minimum atomic E-state index is -1.52. The molecular weight excluding hydrogens is 350 g/mol. The lowest BCUT2D eigenvalue weighted by atomic mass is 9.97. The molecule has 1 aliphatic heterocycles. The molecular formula is C20H31NO6. The van der Waals surface area contributed by atoms with E-state index >= 15 is 0 Å². The minimum Gasteiger partial charge on any atom is -0.462 e. The Morgan fingerprint density at radius 2 is 1.78 bits per heavy atom. The summed E-state index contributed by atoms with van der Waals surface area (Å²) >= 11 is 0.